The molecule has 7 nitrogen and oxygen atoms in total. The Labute approximate surface area is 319 Å². The molecule has 0 saturated carbocycles. The van der Waals surface area contributed by atoms with Crippen molar-refractivity contribution in [1.82, 2.24) is 9.97 Å². The minimum Gasteiger partial charge on any atom is -0.381 e. The number of aryl methyl sites for hydroxylation is 2. The number of halogens is 3. The van der Waals surface area contributed by atoms with Gasteiger partial charge in [-0.2, -0.15) is 0 Å². The van der Waals surface area contributed by atoms with Crippen molar-refractivity contribution in [2.24, 2.45) is 5.41 Å². The lowest BCUT2D eigenvalue weighted by Crippen LogP contribution is -2.59. The van der Waals surface area contributed by atoms with Crippen molar-refractivity contribution in [2.75, 3.05) is 49.7 Å². The van der Waals surface area contributed by atoms with Crippen molar-refractivity contribution < 1.29 is 27.5 Å². The average molecular weight is 757 g/mol. The summed E-state index contributed by atoms with van der Waals surface area (Å²) in [5, 5.41) is 0. The van der Waals surface area contributed by atoms with Crippen LogP contribution in [-0.4, -0.2) is 61.9 Å². The Bertz CT molecular complexity index is 2050. The molecule has 0 amide bonds. The molecule has 1 spiro atoms. The Morgan fingerprint density at radius 1 is 0.907 bits per heavy atom. The molecule has 6 heterocycles. The van der Waals surface area contributed by atoms with Gasteiger partial charge in [0.15, 0.2) is 17.4 Å². The molecule has 3 aromatic heterocycles. The quantitative estimate of drug-likeness (QED) is 0.134. The minimum atomic E-state index is -0.678. The van der Waals surface area contributed by atoms with E-state index in [1.165, 1.54) is 29.0 Å². The fourth-order valence-corrected chi connectivity index (χ4v) is 8.08. The number of carbonyl (C=O) groups excluding carboxylic acids is 2. The SMILES string of the molecule is CC.CC(=O)c1cc(C)cnc1N1CC2(CCOCC2)C1.CN1CCc2cc(-c3c(F)cncc3F)sc2-c2ccc(F)cc21.Cc1ccc(C=O)cc1. The number of pyridine rings is 2. The first-order valence-electron chi connectivity index (χ1n) is 18.2. The van der Waals surface area contributed by atoms with Gasteiger partial charge in [0.25, 0.3) is 0 Å². The predicted molar refractivity (Wildman–Crippen MR) is 211 cm³/mol. The normalized spacial score (nSPS) is 15.1. The molecule has 11 heteroatoms. The average Bonchev–Trinajstić information content (AvgIpc) is 3.53. The lowest BCUT2D eigenvalue weighted by molar-refractivity contribution is -0.000511. The maximum Gasteiger partial charge on any atom is 0.163 e. The van der Waals surface area contributed by atoms with Crippen LogP contribution in [0.4, 0.5) is 24.7 Å². The summed E-state index contributed by atoms with van der Waals surface area (Å²) in [4.78, 5) is 35.6. The van der Waals surface area contributed by atoms with Gasteiger partial charge in [0.1, 0.15) is 17.9 Å². The molecule has 0 aliphatic carbocycles. The lowest BCUT2D eigenvalue weighted by Gasteiger charge is -2.53. The number of aromatic nitrogens is 2. The molecule has 2 fully saturated rings. The van der Waals surface area contributed by atoms with E-state index in [0.29, 0.717) is 16.8 Å². The first-order valence-corrected chi connectivity index (χ1v) is 19.0. The highest BCUT2D eigenvalue weighted by molar-refractivity contribution is 7.19. The molecule has 0 unspecified atom stereocenters. The number of anilines is 2. The second kappa shape index (κ2) is 18.0. The second-order valence-corrected chi connectivity index (χ2v) is 14.8. The van der Waals surface area contributed by atoms with Crippen LogP contribution in [0.3, 0.4) is 0 Å². The molecule has 54 heavy (non-hydrogen) atoms. The van der Waals surface area contributed by atoms with E-state index in [4.69, 9.17) is 4.74 Å². The lowest BCUT2D eigenvalue weighted by atomic mass is 9.73. The van der Waals surface area contributed by atoms with Gasteiger partial charge in [0.2, 0.25) is 0 Å². The van der Waals surface area contributed by atoms with Gasteiger partial charge in [-0.25, -0.2) is 18.2 Å². The largest absolute Gasteiger partial charge is 0.381 e. The van der Waals surface area contributed by atoms with Gasteiger partial charge in [-0.05, 0) is 81.5 Å². The van der Waals surface area contributed by atoms with Gasteiger partial charge in [-0.1, -0.05) is 43.7 Å². The molecule has 0 bridgehead atoms. The summed E-state index contributed by atoms with van der Waals surface area (Å²) in [5.41, 5.74) is 6.75. The number of nitrogens with zero attached hydrogens (tertiary/aromatic N) is 4. The van der Waals surface area contributed by atoms with Gasteiger partial charge in [-0.15, -0.1) is 11.3 Å². The zero-order valence-corrected chi connectivity index (χ0v) is 32.5. The zero-order valence-electron chi connectivity index (χ0n) is 31.7. The first-order chi connectivity index (χ1) is 26.0. The van der Waals surface area contributed by atoms with Crippen LogP contribution in [0.25, 0.3) is 20.9 Å². The van der Waals surface area contributed by atoms with E-state index in [9.17, 15) is 22.8 Å². The minimum absolute atomic E-state index is 0.0555. The van der Waals surface area contributed by atoms with E-state index >= 15 is 0 Å². The van der Waals surface area contributed by atoms with E-state index in [-0.39, 0.29) is 17.2 Å². The topological polar surface area (TPSA) is 75.6 Å². The molecule has 0 N–H and O–H groups in total. The van der Waals surface area contributed by atoms with E-state index in [2.05, 4.69) is 14.9 Å². The highest BCUT2D eigenvalue weighted by Crippen LogP contribution is 2.45. The summed E-state index contributed by atoms with van der Waals surface area (Å²) in [7, 11) is 1.91. The number of Topliss-reactive ketones (excluding diaryl/α,β-unsaturated/α-hetero) is 1. The summed E-state index contributed by atoms with van der Waals surface area (Å²) in [5.74, 6) is -0.702. The number of rotatable bonds is 4. The standard InChI is InChI=1S/C18H13F3N2S.C15H20N2O2.C8H8O.C2H6/c1-23-5-4-10-6-16(17-13(20)8-22-9-14(17)21)24-18(10)12-3-2-11(19)7-15(12)23;1-11-7-13(12(2)18)14(16-8-11)17-9-15(10-17)3-5-19-6-4-15;1-7-2-4-8(6-9)5-3-7;1-2/h2-3,6-9H,4-5H2,1H3;7-8H,3-6,9-10H2,1-2H3;2-6H,1H3;1-2H3. The van der Waals surface area contributed by atoms with Gasteiger partial charge in [-0.3, -0.25) is 14.6 Å². The number of hydrogen-bond donors (Lipinski definition) is 0. The van der Waals surface area contributed by atoms with E-state index < -0.39 is 11.6 Å². The van der Waals surface area contributed by atoms with Gasteiger partial charge < -0.3 is 14.5 Å². The highest BCUT2D eigenvalue weighted by atomic mass is 32.1. The number of ketones is 1. The Balaban J connectivity index is 0.000000166. The summed E-state index contributed by atoms with van der Waals surface area (Å²) in [6.45, 7) is 14.0. The van der Waals surface area contributed by atoms with E-state index in [1.54, 1.807) is 13.0 Å². The molecule has 3 aliphatic rings. The smallest absolute Gasteiger partial charge is 0.163 e. The van der Waals surface area contributed by atoms with Crippen molar-refractivity contribution >= 4 is 34.9 Å². The molecule has 2 aromatic carbocycles. The third-order valence-electron chi connectivity index (χ3n) is 9.74. The van der Waals surface area contributed by atoms with Crippen LogP contribution in [-0.2, 0) is 11.2 Å². The fourth-order valence-electron chi connectivity index (χ4n) is 6.79. The molecular weight excluding hydrogens is 710 g/mol. The molecule has 0 radical (unpaired) electrons. The van der Waals surface area contributed by atoms with Crippen LogP contribution in [0.2, 0.25) is 0 Å². The molecular formula is C43H47F3N4O3S. The van der Waals surface area contributed by atoms with E-state index in [1.807, 2.05) is 82.2 Å². The summed E-state index contributed by atoms with van der Waals surface area (Å²) < 4.78 is 47.1. The maximum atomic E-state index is 14.0. The van der Waals surface area contributed by atoms with Crippen LogP contribution in [0.1, 0.15) is 71.0 Å². The molecule has 3 aliphatic heterocycles. The molecule has 8 rings (SSSR count). The van der Waals surface area contributed by atoms with Gasteiger partial charge in [0, 0.05) is 78.1 Å². The Hall–Kier alpha value is -4.87. The van der Waals surface area contributed by atoms with Crippen LogP contribution in [0.15, 0.2) is 73.2 Å². The van der Waals surface area contributed by atoms with Gasteiger partial charge >= 0.3 is 0 Å². The maximum absolute atomic E-state index is 14.0. The second-order valence-electron chi connectivity index (χ2n) is 13.7. The number of ether oxygens (including phenoxy) is 1. The number of likely N-dealkylation sites (N-methyl/N-ethyl adjacent to an activating group) is 1. The summed E-state index contributed by atoms with van der Waals surface area (Å²) >= 11 is 1.32. The fraction of sp³-hybridized carbons (Fsp3) is 0.349. The van der Waals surface area contributed by atoms with Crippen molar-refractivity contribution in [3.63, 3.8) is 0 Å². The zero-order chi connectivity index (χ0) is 39.0. The van der Waals surface area contributed by atoms with E-state index in [0.717, 1.165) is 108 Å². The Kier molecular flexibility index (Phi) is 13.4. The number of thiophene rings is 1. The molecule has 2 saturated heterocycles. The number of aldehydes is 1. The number of carbonyl (C=O) groups is 2. The predicted octanol–water partition coefficient (Wildman–Crippen LogP) is 9.93. The van der Waals surface area contributed by atoms with Crippen molar-refractivity contribution in [2.45, 2.75) is 53.9 Å². The van der Waals surface area contributed by atoms with Crippen LogP contribution >= 0.6 is 11.3 Å². The van der Waals surface area contributed by atoms with Crippen molar-refractivity contribution in [3.05, 3.63) is 118 Å². The summed E-state index contributed by atoms with van der Waals surface area (Å²) in [6.07, 6.45) is 7.71. The third-order valence-corrected chi connectivity index (χ3v) is 11.0. The van der Waals surface area contributed by atoms with Crippen molar-refractivity contribution in [3.8, 4) is 20.9 Å². The Morgan fingerprint density at radius 3 is 2.20 bits per heavy atom. The first kappa shape index (κ1) is 40.3. The number of benzene rings is 2. The monoisotopic (exact) mass is 756 g/mol. The number of fused-ring (bicyclic) bond motifs is 3. The van der Waals surface area contributed by atoms with Crippen LogP contribution in [0.5, 0.6) is 0 Å². The molecule has 284 valence electrons. The Morgan fingerprint density at radius 2 is 1.57 bits per heavy atom. The van der Waals surface area contributed by atoms with Crippen LogP contribution in [0, 0.1) is 36.7 Å². The highest BCUT2D eigenvalue weighted by Gasteiger charge is 2.45. The van der Waals surface area contributed by atoms with Crippen molar-refractivity contribution in [1.29, 1.82) is 0 Å². The van der Waals surface area contributed by atoms with Crippen LogP contribution < -0.4 is 9.80 Å². The third kappa shape index (κ3) is 9.25. The number of hydrogen-bond acceptors (Lipinski definition) is 8. The molecule has 5 aromatic rings. The summed E-state index contributed by atoms with van der Waals surface area (Å²) in [6, 6.07) is 15.9. The molecule has 0 atom stereocenters. The van der Waals surface area contributed by atoms with Gasteiger partial charge in [0.05, 0.1) is 23.5 Å².